The highest BCUT2D eigenvalue weighted by Gasteiger charge is 2.29. The summed E-state index contributed by atoms with van der Waals surface area (Å²) in [5.74, 6) is 0.758. The number of hydrogen-bond donors (Lipinski definition) is 1. The zero-order valence-corrected chi connectivity index (χ0v) is 12.4. The number of hydrogen-bond acceptors (Lipinski definition) is 3. The van der Waals surface area contributed by atoms with Crippen LogP contribution in [0.1, 0.15) is 59.8 Å². The van der Waals surface area contributed by atoms with E-state index in [0.717, 1.165) is 12.5 Å². The average molecular weight is 255 g/mol. The third-order valence-electron chi connectivity index (χ3n) is 4.02. The molecule has 0 saturated heterocycles. The normalized spacial score (nSPS) is 24.9. The van der Waals surface area contributed by atoms with E-state index in [1.807, 2.05) is 6.92 Å². The molecule has 3 nitrogen and oxygen atoms in total. The minimum atomic E-state index is -0.0895. The Kier molecular flexibility index (Phi) is 6.13. The molecule has 0 amide bonds. The van der Waals surface area contributed by atoms with Crippen LogP contribution in [0.5, 0.6) is 0 Å². The van der Waals surface area contributed by atoms with Crippen LogP contribution in [0.3, 0.4) is 0 Å². The zero-order chi connectivity index (χ0) is 13.6. The second-order valence-corrected chi connectivity index (χ2v) is 6.42. The molecule has 1 saturated carbocycles. The second-order valence-electron chi connectivity index (χ2n) is 6.42. The van der Waals surface area contributed by atoms with Crippen LogP contribution in [0.15, 0.2) is 0 Å². The van der Waals surface area contributed by atoms with Crippen LogP contribution >= 0.6 is 0 Å². The van der Waals surface area contributed by atoms with Crippen LogP contribution in [-0.2, 0) is 9.53 Å². The zero-order valence-electron chi connectivity index (χ0n) is 12.4. The second kappa shape index (κ2) is 7.13. The molecule has 0 aliphatic heterocycles. The van der Waals surface area contributed by atoms with Crippen molar-refractivity contribution in [3.05, 3.63) is 0 Å². The number of carbonyl (C=O) groups excluding carboxylic acids is 1. The van der Waals surface area contributed by atoms with Gasteiger partial charge in [-0.15, -0.1) is 0 Å². The Labute approximate surface area is 112 Å². The van der Waals surface area contributed by atoms with Crippen LogP contribution in [0.4, 0.5) is 0 Å². The van der Waals surface area contributed by atoms with Crippen molar-refractivity contribution in [2.75, 3.05) is 13.2 Å². The molecule has 1 aliphatic rings. The third-order valence-corrected chi connectivity index (χ3v) is 4.02. The first kappa shape index (κ1) is 15.5. The average Bonchev–Trinajstić information content (AvgIpc) is 2.29. The molecule has 1 aliphatic carbocycles. The number of rotatable bonds is 5. The summed E-state index contributed by atoms with van der Waals surface area (Å²) in [6.07, 6.45) is 5.59. The Morgan fingerprint density at radius 1 is 1.22 bits per heavy atom. The van der Waals surface area contributed by atoms with E-state index < -0.39 is 0 Å². The molecule has 0 bridgehead atoms. The van der Waals surface area contributed by atoms with Crippen molar-refractivity contribution in [3.8, 4) is 0 Å². The molecule has 0 aromatic carbocycles. The Morgan fingerprint density at radius 2 is 1.83 bits per heavy atom. The molecule has 0 aromatic rings. The van der Waals surface area contributed by atoms with Gasteiger partial charge in [-0.25, -0.2) is 0 Å². The van der Waals surface area contributed by atoms with Gasteiger partial charge >= 0.3 is 5.97 Å². The summed E-state index contributed by atoms with van der Waals surface area (Å²) in [5, 5.41) is 3.48. The topological polar surface area (TPSA) is 38.3 Å². The summed E-state index contributed by atoms with van der Waals surface area (Å²) in [6, 6.07) is 0.595. The fourth-order valence-corrected chi connectivity index (χ4v) is 2.78. The Balaban J connectivity index is 2.14. The molecule has 18 heavy (non-hydrogen) atoms. The summed E-state index contributed by atoms with van der Waals surface area (Å²) in [5.41, 5.74) is 0.440. The van der Waals surface area contributed by atoms with E-state index in [1.165, 1.54) is 25.7 Å². The van der Waals surface area contributed by atoms with Gasteiger partial charge in [-0.05, 0) is 43.9 Å². The minimum Gasteiger partial charge on any atom is -0.466 e. The van der Waals surface area contributed by atoms with E-state index >= 15 is 0 Å². The Bertz CT molecular complexity index is 250. The van der Waals surface area contributed by atoms with Gasteiger partial charge < -0.3 is 10.1 Å². The maximum absolute atomic E-state index is 11.2. The lowest BCUT2D eigenvalue weighted by Gasteiger charge is -2.37. The summed E-state index contributed by atoms with van der Waals surface area (Å²) >= 11 is 0. The van der Waals surface area contributed by atoms with E-state index in [-0.39, 0.29) is 5.97 Å². The lowest BCUT2D eigenvalue weighted by Crippen LogP contribution is -2.37. The van der Waals surface area contributed by atoms with E-state index in [9.17, 15) is 4.79 Å². The van der Waals surface area contributed by atoms with Gasteiger partial charge in [0.05, 0.1) is 13.0 Å². The lowest BCUT2D eigenvalue weighted by molar-refractivity contribution is -0.143. The first-order valence-corrected chi connectivity index (χ1v) is 7.32. The van der Waals surface area contributed by atoms with E-state index in [1.54, 1.807) is 0 Å². The molecule has 3 heteroatoms. The fraction of sp³-hybridized carbons (Fsp3) is 0.933. The number of carbonyl (C=O) groups is 1. The fourth-order valence-electron chi connectivity index (χ4n) is 2.78. The summed E-state index contributed by atoms with van der Waals surface area (Å²) in [6.45, 7) is 10.1. The molecule has 106 valence electrons. The molecule has 1 N–H and O–H groups in total. The maximum atomic E-state index is 11.2. The van der Waals surface area contributed by atoms with Crippen LogP contribution in [0.2, 0.25) is 0 Å². The highest BCUT2D eigenvalue weighted by atomic mass is 16.5. The Hall–Kier alpha value is -0.570. The van der Waals surface area contributed by atoms with E-state index in [4.69, 9.17) is 4.74 Å². The van der Waals surface area contributed by atoms with Crippen molar-refractivity contribution in [2.24, 2.45) is 11.3 Å². The summed E-state index contributed by atoms with van der Waals surface area (Å²) in [7, 11) is 0. The maximum Gasteiger partial charge on any atom is 0.307 e. The predicted molar refractivity (Wildman–Crippen MR) is 74.5 cm³/mol. The molecule has 0 atom stereocenters. The van der Waals surface area contributed by atoms with Crippen molar-refractivity contribution in [2.45, 2.75) is 65.8 Å². The first-order valence-electron chi connectivity index (χ1n) is 7.32. The van der Waals surface area contributed by atoms with Crippen LogP contribution in [0, 0.1) is 11.3 Å². The SMILES string of the molecule is CCOC(=O)CCNC1CCC(C(C)(C)C)CC1. The largest absolute Gasteiger partial charge is 0.466 e. The molecule has 0 radical (unpaired) electrons. The molecule has 0 spiro atoms. The lowest BCUT2D eigenvalue weighted by atomic mass is 9.71. The van der Waals surface area contributed by atoms with Crippen LogP contribution < -0.4 is 5.32 Å². The van der Waals surface area contributed by atoms with E-state index in [2.05, 4.69) is 26.1 Å². The third kappa shape index (κ3) is 5.38. The van der Waals surface area contributed by atoms with Crippen molar-refractivity contribution in [1.29, 1.82) is 0 Å². The highest BCUT2D eigenvalue weighted by molar-refractivity contribution is 5.69. The number of nitrogens with one attached hydrogen (secondary N) is 1. The van der Waals surface area contributed by atoms with Gasteiger partial charge in [-0.3, -0.25) is 4.79 Å². The molecule has 0 aromatic heterocycles. The van der Waals surface area contributed by atoms with Crippen LogP contribution in [0.25, 0.3) is 0 Å². The summed E-state index contributed by atoms with van der Waals surface area (Å²) < 4.78 is 4.91. The quantitative estimate of drug-likeness (QED) is 0.767. The van der Waals surface area contributed by atoms with Gasteiger partial charge in [-0.2, -0.15) is 0 Å². The molecular weight excluding hydrogens is 226 g/mol. The highest BCUT2D eigenvalue weighted by Crippen LogP contribution is 2.37. The summed E-state index contributed by atoms with van der Waals surface area (Å²) in [4.78, 5) is 11.2. The molecule has 0 heterocycles. The number of esters is 1. The van der Waals surface area contributed by atoms with Crippen LogP contribution in [-0.4, -0.2) is 25.2 Å². The molecular formula is C15H29NO2. The minimum absolute atomic E-state index is 0.0895. The Morgan fingerprint density at radius 3 is 2.33 bits per heavy atom. The standard InChI is InChI=1S/C15H29NO2/c1-5-18-14(17)10-11-16-13-8-6-12(7-9-13)15(2,3)4/h12-13,16H,5-11H2,1-4H3. The van der Waals surface area contributed by atoms with E-state index in [0.29, 0.717) is 24.5 Å². The van der Waals surface area contributed by atoms with Gasteiger partial charge in [0.2, 0.25) is 0 Å². The first-order chi connectivity index (χ1) is 8.43. The smallest absolute Gasteiger partial charge is 0.307 e. The monoisotopic (exact) mass is 255 g/mol. The van der Waals surface area contributed by atoms with Crippen molar-refractivity contribution in [1.82, 2.24) is 5.32 Å². The van der Waals surface area contributed by atoms with Gasteiger partial charge in [0, 0.05) is 12.6 Å². The predicted octanol–water partition coefficient (Wildman–Crippen LogP) is 3.13. The number of ether oxygens (including phenoxy) is 1. The molecule has 1 fully saturated rings. The molecule has 0 unspecified atom stereocenters. The van der Waals surface area contributed by atoms with Crippen molar-refractivity contribution >= 4 is 5.97 Å². The van der Waals surface area contributed by atoms with Gasteiger partial charge in [0.25, 0.3) is 0 Å². The van der Waals surface area contributed by atoms with Crippen molar-refractivity contribution in [3.63, 3.8) is 0 Å². The van der Waals surface area contributed by atoms with Crippen molar-refractivity contribution < 1.29 is 9.53 Å². The van der Waals surface area contributed by atoms with Gasteiger partial charge in [-0.1, -0.05) is 20.8 Å². The molecule has 1 rings (SSSR count). The van der Waals surface area contributed by atoms with Gasteiger partial charge in [0.15, 0.2) is 0 Å². The van der Waals surface area contributed by atoms with Gasteiger partial charge in [0.1, 0.15) is 0 Å².